The Hall–Kier alpha value is -1.96. The van der Waals surface area contributed by atoms with Crippen LogP contribution in [0.25, 0.3) is 0 Å². The maximum atomic E-state index is 11.6. The van der Waals surface area contributed by atoms with Gasteiger partial charge in [0.15, 0.2) is 11.6 Å². The van der Waals surface area contributed by atoms with Crippen LogP contribution in [0.15, 0.2) is 58.2 Å². The number of Topliss-reactive ketones (excluding diaryl/α,β-unsaturated/α-hetero) is 1. The van der Waals surface area contributed by atoms with Gasteiger partial charge in [0, 0.05) is 0 Å². The summed E-state index contributed by atoms with van der Waals surface area (Å²) in [6.45, 7) is 5.43. The molecule has 0 aliphatic heterocycles. The van der Waals surface area contributed by atoms with Gasteiger partial charge in [-0.25, -0.2) is 0 Å². The summed E-state index contributed by atoms with van der Waals surface area (Å²) in [5, 5.41) is 0. The van der Waals surface area contributed by atoms with Crippen molar-refractivity contribution in [3.63, 3.8) is 0 Å². The number of hydrogen-bond acceptors (Lipinski definition) is 2. The first-order valence-electron chi connectivity index (χ1n) is 5.55. The van der Waals surface area contributed by atoms with Gasteiger partial charge >= 0.3 is 0 Å². The number of carbonyl (C=O) groups excluding carboxylic acids is 2. The number of hydrogen-bond donors (Lipinski definition) is 0. The van der Waals surface area contributed by atoms with Gasteiger partial charge in [-0.3, -0.25) is 9.59 Å². The van der Waals surface area contributed by atoms with E-state index in [1.54, 1.807) is 19.1 Å². The topological polar surface area (TPSA) is 34.1 Å². The lowest BCUT2D eigenvalue weighted by molar-refractivity contribution is -0.112. The van der Waals surface area contributed by atoms with Crippen molar-refractivity contribution < 1.29 is 9.59 Å². The lowest BCUT2D eigenvalue weighted by atomic mass is 9.90. The van der Waals surface area contributed by atoms with Crippen LogP contribution in [-0.2, 0) is 9.59 Å². The molecule has 2 nitrogen and oxygen atoms in total. The first-order chi connectivity index (χ1) is 7.99. The summed E-state index contributed by atoms with van der Waals surface area (Å²) in [7, 11) is 0. The zero-order chi connectivity index (χ0) is 12.6. The van der Waals surface area contributed by atoms with E-state index in [0.717, 1.165) is 27.9 Å². The molecule has 0 aromatic carbocycles. The number of ketones is 2. The monoisotopic (exact) mass is 226 g/mol. The first-order valence-corrected chi connectivity index (χ1v) is 5.55. The molecule has 0 spiro atoms. The Labute approximate surface area is 101 Å². The number of allylic oxidation sites excluding steroid dienone is 10. The fourth-order valence-electron chi connectivity index (χ4n) is 1.95. The van der Waals surface area contributed by atoms with E-state index in [4.69, 9.17) is 0 Å². The Kier molecular flexibility index (Phi) is 2.80. The molecule has 0 N–H and O–H groups in total. The van der Waals surface area contributed by atoms with E-state index >= 15 is 0 Å². The summed E-state index contributed by atoms with van der Waals surface area (Å²) in [5.41, 5.74) is 4.17. The Balaban J connectivity index is 2.52. The fourth-order valence-corrected chi connectivity index (χ4v) is 1.95. The largest absolute Gasteiger partial charge is 0.290 e. The molecule has 0 radical (unpaired) electrons. The Bertz CT molecular complexity index is 540. The highest BCUT2D eigenvalue weighted by Gasteiger charge is 2.15. The van der Waals surface area contributed by atoms with E-state index in [1.807, 2.05) is 32.1 Å². The van der Waals surface area contributed by atoms with Crippen LogP contribution in [0.4, 0.5) is 0 Å². The lowest BCUT2D eigenvalue weighted by Crippen LogP contribution is -2.08. The highest BCUT2D eigenvalue weighted by atomic mass is 16.1. The van der Waals surface area contributed by atoms with Crippen molar-refractivity contribution in [1.29, 1.82) is 0 Å². The minimum atomic E-state index is 0.0441. The molecule has 2 aliphatic carbocycles. The molecule has 0 amide bonds. The second-order valence-electron chi connectivity index (χ2n) is 4.42. The normalized spacial score (nSPS) is 20.3. The van der Waals surface area contributed by atoms with Crippen LogP contribution in [0.5, 0.6) is 0 Å². The van der Waals surface area contributed by atoms with Gasteiger partial charge in [0.05, 0.1) is 0 Å². The van der Waals surface area contributed by atoms with Crippen LogP contribution in [0.2, 0.25) is 0 Å². The van der Waals surface area contributed by atoms with Gasteiger partial charge in [-0.05, 0) is 72.9 Å². The molecule has 2 heteroatoms. The molecule has 0 atom stereocenters. The van der Waals surface area contributed by atoms with Crippen LogP contribution in [0, 0.1) is 0 Å². The minimum Gasteiger partial charge on any atom is -0.290 e. The molecule has 2 rings (SSSR count). The molecular weight excluding hydrogens is 212 g/mol. The highest BCUT2D eigenvalue weighted by Crippen LogP contribution is 2.24. The minimum absolute atomic E-state index is 0.0441. The quantitative estimate of drug-likeness (QED) is 0.636. The maximum Gasteiger partial charge on any atom is 0.184 e. The van der Waals surface area contributed by atoms with E-state index in [1.165, 1.54) is 0 Å². The first kappa shape index (κ1) is 11.5. The molecular formula is C15H14O2. The second kappa shape index (κ2) is 4.13. The van der Waals surface area contributed by atoms with Crippen molar-refractivity contribution in [2.75, 3.05) is 0 Å². The molecule has 0 fully saturated rings. The van der Waals surface area contributed by atoms with Crippen molar-refractivity contribution in [2.45, 2.75) is 20.8 Å². The van der Waals surface area contributed by atoms with Gasteiger partial charge in [0.25, 0.3) is 0 Å². The van der Waals surface area contributed by atoms with Gasteiger partial charge in [0.1, 0.15) is 0 Å². The molecule has 17 heavy (non-hydrogen) atoms. The standard InChI is InChI=1S/C15H14O2/c1-9-6-12(4-5-14(9)16)13-7-10(2)15(17)11(3)8-13/h4-8H,1-3H3. The summed E-state index contributed by atoms with van der Waals surface area (Å²) >= 11 is 0. The Morgan fingerprint density at radius 1 is 0.706 bits per heavy atom. The predicted octanol–water partition coefficient (Wildman–Crippen LogP) is 2.84. The fraction of sp³-hybridized carbons (Fsp3) is 0.200. The summed E-state index contributed by atoms with van der Waals surface area (Å²) < 4.78 is 0. The van der Waals surface area contributed by atoms with Gasteiger partial charge < -0.3 is 0 Å². The van der Waals surface area contributed by atoms with Crippen molar-refractivity contribution >= 4 is 11.6 Å². The van der Waals surface area contributed by atoms with Crippen LogP contribution in [0.1, 0.15) is 20.8 Å². The van der Waals surface area contributed by atoms with Gasteiger partial charge in [-0.2, -0.15) is 0 Å². The molecule has 0 saturated carbocycles. The average Bonchev–Trinajstić information content (AvgIpc) is 2.29. The Morgan fingerprint density at radius 3 is 1.76 bits per heavy atom. The van der Waals surface area contributed by atoms with E-state index in [0.29, 0.717) is 0 Å². The molecule has 0 bridgehead atoms. The van der Waals surface area contributed by atoms with Gasteiger partial charge in [-0.15, -0.1) is 0 Å². The highest BCUT2D eigenvalue weighted by molar-refractivity contribution is 6.10. The lowest BCUT2D eigenvalue weighted by Gasteiger charge is -2.13. The summed E-state index contributed by atoms with van der Waals surface area (Å²) in [4.78, 5) is 23.0. The van der Waals surface area contributed by atoms with Crippen molar-refractivity contribution in [1.82, 2.24) is 0 Å². The third-order valence-corrected chi connectivity index (χ3v) is 2.97. The second-order valence-corrected chi connectivity index (χ2v) is 4.42. The number of carbonyl (C=O) groups is 2. The van der Waals surface area contributed by atoms with Crippen LogP contribution in [-0.4, -0.2) is 11.6 Å². The summed E-state index contributed by atoms with van der Waals surface area (Å²) in [6.07, 6.45) is 8.97. The molecule has 86 valence electrons. The molecule has 0 aromatic rings. The smallest absolute Gasteiger partial charge is 0.184 e. The average molecular weight is 226 g/mol. The van der Waals surface area contributed by atoms with Crippen molar-refractivity contribution in [3.05, 3.63) is 58.2 Å². The van der Waals surface area contributed by atoms with Crippen LogP contribution in [0.3, 0.4) is 0 Å². The van der Waals surface area contributed by atoms with Gasteiger partial charge in [-0.1, -0.05) is 6.08 Å². The van der Waals surface area contributed by atoms with E-state index < -0.39 is 0 Å². The molecule has 2 aliphatic rings. The third kappa shape index (κ3) is 2.11. The van der Waals surface area contributed by atoms with E-state index in [2.05, 4.69) is 0 Å². The zero-order valence-corrected chi connectivity index (χ0v) is 10.2. The van der Waals surface area contributed by atoms with Crippen LogP contribution >= 0.6 is 0 Å². The number of rotatable bonds is 0. The van der Waals surface area contributed by atoms with Gasteiger partial charge in [0.2, 0.25) is 0 Å². The SMILES string of the molecule is CC1=CC(=C2C=C(C)C(=O)C(C)=C2)C=CC1=O. The molecule has 0 unspecified atom stereocenters. The van der Waals surface area contributed by atoms with Crippen molar-refractivity contribution in [2.24, 2.45) is 0 Å². The summed E-state index contributed by atoms with van der Waals surface area (Å²) in [6, 6.07) is 0. The molecule has 0 heterocycles. The predicted molar refractivity (Wildman–Crippen MR) is 67.5 cm³/mol. The third-order valence-electron chi connectivity index (χ3n) is 2.97. The summed E-state index contributed by atoms with van der Waals surface area (Å²) in [5.74, 6) is 0.133. The van der Waals surface area contributed by atoms with E-state index in [9.17, 15) is 9.59 Å². The molecule has 0 aromatic heterocycles. The maximum absolute atomic E-state index is 11.6. The Morgan fingerprint density at radius 2 is 1.24 bits per heavy atom. The van der Waals surface area contributed by atoms with Crippen molar-refractivity contribution in [3.8, 4) is 0 Å². The van der Waals surface area contributed by atoms with E-state index in [-0.39, 0.29) is 11.6 Å². The molecule has 0 saturated heterocycles. The van der Waals surface area contributed by atoms with Crippen LogP contribution < -0.4 is 0 Å². The zero-order valence-electron chi connectivity index (χ0n) is 10.2.